The lowest BCUT2D eigenvalue weighted by molar-refractivity contribution is 0.249. The Labute approximate surface area is 77.2 Å². The van der Waals surface area contributed by atoms with Crippen molar-refractivity contribution in [3.05, 3.63) is 15.5 Å². The van der Waals surface area contributed by atoms with Gasteiger partial charge in [0, 0.05) is 0 Å². The molecule has 0 radical (unpaired) electrons. The van der Waals surface area contributed by atoms with Gasteiger partial charge in [-0.3, -0.25) is 0 Å². The van der Waals surface area contributed by atoms with Crippen molar-refractivity contribution >= 4 is 35.2 Å². The van der Waals surface area contributed by atoms with Crippen LogP contribution in [0, 0.1) is 0 Å². The standard InChI is InChI=1S/C5H5ClN4OS/c6-3-1-8-4(12-3)2-9-10-5(7)11/h1-2H,(H3,7,10,11)/b9-2+. The minimum atomic E-state index is -0.714. The maximum Gasteiger partial charge on any atom is 0.332 e. The van der Waals surface area contributed by atoms with Crippen molar-refractivity contribution in [3.63, 3.8) is 0 Å². The molecule has 0 aliphatic rings. The molecule has 0 bridgehead atoms. The molecule has 0 saturated carbocycles. The molecule has 1 rings (SSSR count). The number of halogens is 1. The van der Waals surface area contributed by atoms with Crippen LogP contribution in [0.5, 0.6) is 0 Å². The highest BCUT2D eigenvalue weighted by molar-refractivity contribution is 7.17. The number of primary amides is 1. The number of thiazole rings is 1. The zero-order valence-corrected chi connectivity index (χ0v) is 7.39. The van der Waals surface area contributed by atoms with Crippen LogP contribution in [0.4, 0.5) is 4.79 Å². The number of carbonyl (C=O) groups is 1. The summed E-state index contributed by atoms with van der Waals surface area (Å²) in [6.07, 6.45) is 2.86. The predicted molar refractivity (Wildman–Crippen MR) is 47.4 cm³/mol. The Balaban J connectivity index is 2.52. The van der Waals surface area contributed by atoms with Gasteiger partial charge in [-0.2, -0.15) is 5.10 Å². The number of hydrogen-bond acceptors (Lipinski definition) is 4. The highest BCUT2D eigenvalue weighted by Crippen LogP contribution is 2.16. The van der Waals surface area contributed by atoms with E-state index in [9.17, 15) is 4.79 Å². The molecule has 0 aliphatic carbocycles. The number of hydrazone groups is 1. The Morgan fingerprint density at radius 3 is 3.17 bits per heavy atom. The van der Waals surface area contributed by atoms with Crippen LogP contribution in [-0.2, 0) is 0 Å². The van der Waals surface area contributed by atoms with Gasteiger partial charge in [0.15, 0.2) is 0 Å². The first kappa shape index (κ1) is 8.95. The molecule has 2 amide bonds. The molecule has 0 unspecified atom stereocenters. The summed E-state index contributed by atoms with van der Waals surface area (Å²) >= 11 is 6.84. The van der Waals surface area contributed by atoms with E-state index in [4.69, 9.17) is 17.3 Å². The van der Waals surface area contributed by atoms with Gasteiger partial charge in [0.1, 0.15) is 9.34 Å². The molecule has 12 heavy (non-hydrogen) atoms. The third-order valence-electron chi connectivity index (χ3n) is 0.845. The van der Waals surface area contributed by atoms with E-state index >= 15 is 0 Å². The molecular weight excluding hydrogens is 200 g/mol. The lowest BCUT2D eigenvalue weighted by Crippen LogP contribution is -2.24. The second-order valence-corrected chi connectivity index (χ2v) is 3.43. The maximum absolute atomic E-state index is 10.1. The number of rotatable bonds is 2. The fourth-order valence-electron chi connectivity index (χ4n) is 0.478. The van der Waals surface area contributed by atoms with Gasteiger partial charge in [0.25, 0.3) is 0 Å². The largest absolute Gasteiger partial charge is 0.350 e. The van der Waals surface area contributed by atoms with Crippen LogP contribution in [0.25, 0.3) is 0 Å². The summed E-state index contributed by atoms with van der Waals surface area (Å²) in [6.45, 7) is 0. The van der Waals surface area contributed by atoms with Gasteiger partial charge in [-0.25, -0.2) is 15.2 Å². The summed E-state index contributed by atoms with van der Waals surface area (Å²) < 4.78 is 0.565. The average molecular weight is 205 g/mol. The SMILES string of the molecule is NC(=O)N/N=C/c1ncc(Cl)s1. The summed E-state index contributed by atoms with van der Waals surface area (Å²) in [5.74, 6) is 0. The fraction of sp³-hybridized carbons (Fsp3) is 0. The molecule has 7 heteroatoms. The van der Waals surface area contributed by atoms with Crippen LogP contribution in [0.1, 0.15) is 5.01 Å². The third kappa shape index (κ3) is 2.85. The molecule has 0 aromatic carbocycles. The Kier molecular flexibility index (Phi) is 3.01. The first-order valence-electron chi connectivity index (χ1n) is 2.88. The monoisotopic (exact) mass is 204 g/mol. The second-order valence-electron chi connectivity index (χ2n) is 1.74. The predicted octanol–water partition coefficient (Wildman–Crippen LogP) is 0.799. The normalized spacial score (nSPS) is 10.4. The second kappa shape index (κ2) is 4.03. The van der Waals surface area contributed by atoms with Crippen LogP contribution in [-0.4, -0.2) is 17.2 Å². The Hall–Kier alpha value is -1.14. The Morgan fingerprint density at radius 2 is 2.67 bits per heavy atom. The Morgan fingerprint density at radius 1 is 1.92 bits per heavy atom. The summed E-state index contributed by atoms with van der Waals surface area (Å²) in [4.78, 5) is 14.0. The minimum absolute atomic E-state index is 0.565. The maximum atomic E-state index is 10.1. The third-order valence-corrected chi connectivity index (χ3v) is 1.89. The lowest BCUT2D eigenvalue weighted by Gasteiger charge is -1.87. The smallest absolute Gasteiger partial charge is 0.332 e. The van der Waals surface area contributed by atoms with Gasteiger partial charge in [-0.05, 0) is 0 Å². The molecule has 64 valence electrons. The Bertz CT molecular complexity index is 310. The van der Waals surface area contributed by atoms with E-state index in [1.54, 1.807) is 0 Å². The van der Waals surface area contributed by atoms with E-state index in [1.165, 1.54) is 23.7 Å². The first-order chi connectivity index (χ1) is 5.68. The molecule has 1 aromatic heterocycles. The van der Waals surface area contributed by atoms with E-state index in [-0.39, 0.29) is 0 Å². The molecular formula is C5H5ClN4OS. The molecule has 0 saturated heterocycles. The number of nitrogens with one attached hydrogen (secondary N) is 1. The fourth-order valence-corrected chi connectivity index (χ4v) is 1.28. The molecule has 0 spiro atoms. The van der Waals surface area contributed by atoms with Crippen molar-refractivity contribution in [2.45, 2.75) is 0 Å². The van der Waals surface area contributed by atoms with Crippen molar-refractivity contribution < 1.29 is 4.79 Å². The first-order valence-corrected chi connectivity index (χ1v) is 4.08. The van der Waals surface area contributed by atoms with Crippen molar-refractivity contribution in [1.82, 2.24) is 10.4 Å². The quantitative estimate of drug-likeness (QED) is 0.552. The lowest BCUT2D eigenvalue weighted by atomic mass is 10.8. The number of aromatic nitrogens is 1. The highest BCUT2D eigenvalue weighted by atomic mass is 35.5. The van der Waals surface area contributed by atoms with Crippen molar-refractivity contribution in [2.24, 2.45) is 10.8 Å². The van der Waals surface area contributed by atoms with Gasteiger partial charge in [-0.1, -0.05) is 11.6 Å². The van der Waals surface area contributed by atoms with Gasteiger partial charge < -0.3 is 5.73 Å². The van der Waals surface area contributed by atoms with Crippen LogP contribution >= 0.6 is 22.9 Å². The minimum Gasteiger partial charge on any atom is -0.350 e. The topological polar surface area (TPSA) is 80.4 Å². The van der Waals surface area contributed by atoms with E-state index < -0.39 is 6.03 Å². The molecule has 0 aliphatic heterocycles. The summed E-state index contributed by atoms with van der Waals surface area (Å²) in [5, 5.41) is 4.10. The number of urea groups is 1. The van der Waals surface area contributed by atoms with Crippen LogP contribution in [0.3, 0.4) is 0 Å². The molecule has 0 fully saturated rings. The number of nitrogens with two attached hydrogens (primary N) is 1. The zero-order chi connectivity index (χ0) is 8.97. The van der Waals surface area contributed by atoms with Crippen LogP contribution in [0.15, 0.2) is 11.3 Å². The van der Waals surface area contributed by atoms with Crippen LogP contribution in [0.2, 0.25) is 4.34 Å². The van der Waals surface area contributed by atoms with Crippen molar-refractivity contribution in [1.29, 1.82) is 0 Å². The number of amides is 2. The van der Waals surface area contributed by atoms with Gasteiger partial charge in [-0.15, -0.1) is 11.3 Å². The molecule has 3 N–H and O–H groups in total. The van der Waals surface area contributed by atoms with Crippen molar-refractivity contribution in [3.8, 4) is 0 Å². The number of hydrogen-bond donors (Lipinski definition) is 2. The molecule has 1 aromatic rings. The van der Waals surface area contributed by atoms with Gasteiger partial charge in [0.05, 0.1) is 12.4 Å². The zero-order valence-electron chi connectivity index (χ0n) is 5.82. The van der Waals surface area contributed by atoms with E-state index in [2.05, 4.69) is 10.1 Å². The van der Waals surface area contributed by atoms with Gasteiger partial charge in [0.2, 0.25) is 0 Å². The van der Waals surface area contributed by atoms with E-state index in [0.29, 0.717) is 9.34 Å². The molecule has 5 nitrogen and oxygen atoms in total. The summed E-state index contributed by atoms with van der Waals surface area (Å²) in [6, 6.07) is -0.714. The molecule has 0 atom stereocenters. The van der Waals surface area contributed by atoms with Crippen molar-refractivity contribution in [2.75, 3.05) is 0 Å². The summed E-state index contributed by atoms with van der Waals surface area (Å²) in [7, 11) is 0. The van der Waals surface area contributed by atoms with E-state index in [1.807, 2.05) is 5.43 Å². The number of carbonyl (C=O) groups excluding carboxylic acids is 1. The number of nitrogens with zero attached hydrogens (tertiary/aromatic N) is 2. The highest BCUT2D eigenvalue weighted by Gasteiger charge is 1.94. The average Bonchev–Trinajstić information content (AvgIpc) is 2.35. The van der Waals surface area contributed by atoms with Gasteiger partial charge >= 0.3 is 6.03 Å². The summed E-state index contributed by atoms with van der Waals surface area (Å²) in [5.41, 5.74) is 6.79. The van der Waals surface area contributed by atoms with E-state index in [0.717, 1.165) is 0 Å². The van der Waals surface area contributed by atoms with Crippen LogP contribution < -0.4 is 11.2 Å². The molecule has 1 heterocycles.